The van der Waals surface area contributed by atoms with Crippen LogP contribution in [0.25, 0.3) is 0 Å². The standard InChI is InChI=1S/C18H20N2O2/c1-14(21)20-17(16-10-6-3-7-11-16)12-18(22)19-13-15-8-4-2-5-9-15/h2-11,17H,12-13H2,1H3,(H,19,22)(H,20,21)/t17-/m1/s1. The van der Waals surface area contributed by atoms with E-state index in [0.717, 1.165) is 11.1 Å². The molecule has 4 nitrogen and oxygen atoms in total. The second-order valence-electron chi connectivity index (χ2n) is 5.13. The summed E-state index contributed by atoms with van der Waals surface area (Å²) in [5.74, 6) is -0.240. The molecule has 1 atom stereocenters. The summed E-state index contributed by atoms with van der Waals surface area (Å²) in [5, 5.41) is 5.71. The Balaban J connectivity index is 1.95. The van der Waals surface area contributed by atoms with Crippen molar-refractivity contribution >= 4 is 11.8 Å². The van der Waals surface area contributed by atoms with Crippen molar-refractivity contribution in [3.63, 3.8) is 0 Å². The Labute approximate surface area is 130 Å². The van der Waals surface area contributed by atoms with Crippen molar-refractivity contribution < 1.29 is 9.59 Å². The van der Waals surface area contributed by atoms with Gasteiger partial charge in [0.25, 0.3) is 0 Å². The molecule has 0 fully saturated rings. The molecule has 0 bridgehead atoms. The summed E-state index contributed by atoms with van der Waals surface area (Å²) in [6, 6.07) is 18.9. The first kappa shape index (κ1) is 15.8. The van der Waals surface area contributed by atoms with E-state index in [1.807, 2.05) is 60.7 Å². The molecule has 2 aromatic rings. The highest BCUT2D eigenvalue weighted by Crippen LogP contribution is 2.16. The maximum Gasteiger partial charge on any atom is 0.222 e. The minimum atomic E-state index is -0.311. The van der Waals surface area contributed by atoms with Gasteiger partial charge in [-0.3, -0.25) is 9.59 Å². The first-order valence-electron chi connectivity index (χ1n) is 7.28. The van der Waals surface area contributed by atoms with Gasteiger partial charge in [0.2, 0.25) is 11.8 Å². The van der Waals surface area contributed by atoms with Gasteiger partial charge in [0.1, 0.15) is 0 Å². The van der Waals surface area contributed by atoms with E-state index >= 15 is 0 Å². The number of carbonyl (C=O) groups excluding carboxylic acids is 2. The lowest BCUT2D eigenvalue weighted by Gasteiger charge is -2.18. The predicted octanol–water partition coefficient (Wildman–Crippen LogP) is 2.57. The average Bonchev–Trinajstić information content (AvgIpc) is 2.54. The molecule has 0 aromatic heterocycles. The van der Waals surface area contributed by atoms with Crippen LogP contribution >= 0.6 is 0 Å². The molecule has 2 aromatic carbocycles. The number of carbonyl (C=O) groups is 2. The maximum atomic E-state index is 12.1. The molecule has 0 radical (unpaired) electrons. The third-order valence-corrected chi connectivity index (χ3v) is 3.30. The molecule has 0 saturated carbocycles. The summed E-state index contributed by atoms with van der Waals surface area (Å²) in [5.41, 5.74) is 1.97. The third kappa shape index (κ3) is 5.05. The minimum absolute atomic E-state index is 0.0912. The van der Waals surface area contributed by atoms with Crippen LogP contribution in [0, 0.1) is 0 Å². The average molecular weight is 296 g/mol. The Morgan fingerprint density at radius 3 is 2.14 bits per heavy atom. The summed E-state index contributed by atoms with van der Waals surface area (Å²) >= 11 is 0. The van der Waals surface area contributed by atoms with Gasteiger partial charge in [-0.2, -0.15) is 0 Å². The fourth-order valence-electron chi connectivity index (χ4n) is 2.24. The van der Waals surface area contributed by atoms with Gasteiger partial charge in [-0.1, -0.05) is 60.7 Å². The van der Waals surface area contributed by atoms with E-state index < -0.39 is 0 Å². The van der Waals surface area contributed by atoms with E-state index in [0.29, 0.717) is 6.54 Å². The largest absolute Gasteiger partial charge is 0.352 e. The second-order valence-corrected chi connectivity index (χ2v) is 5.13. The molecule has 0 unspecified atom stereocenters. The Bertz CT molecular complexity index is 611. The zero-order valence-electron chi connectivity index (χ0n) is 12.6. The number of hydrogen-bond donors (Lipinski definition) is 2. The van der Waals surface area contributed by atoms with Crippen LogP contribution in [0.2, 0.25) is 0 Å². The monoisotopic (exact) mass is 296 g/mol. The normalized spacial score (nSPS) is 11.5. The highest BCUT2D eigenvalue weighted by atomic mass is 16.2. The van der Waals surface area contributed by atoms with Crippen LogP contribution in [0.4, 0.5) is 0 Å². The molecule has 0 aliphatic carbocycles. The van der Waals surface area contributed by atoms with Gasteiger partial charge in [-0.25, -0.2) is 0 Å². The van der Waals surface area contributed by atoms with Crippen molar-refractivity contribution in [2.24, 2.45) is 0 Å². The Hall–Kier alpha value is -2.62. The molecule has 22 heavy (non-hydrogen) atoms. The lowest BCUT2D eigenvalue weighted by atomic mass is 10.0. The topological polar surface area (TPSA) is 58.2 Å². The Kier molecular flexibility index (Phi) is 5.72. The van der Waals surface area contributed by atoms with Gasteiger partial charge >= 0.3 is 0 Å². The summed E-state index contributed by atoms with van der Waals surface area (Å²) in [7, 11) is 0. The van der Waals surface area contributed by atoms with Crippen molar-refractivity contribution in [1.29, 1.82) is 0 Å². The van der Waals surface area contributed by atoms with Crippen molar-refractivity contribution in [3.8, 4) is 0 Å². The van der Waals surface area contributed by atoms with Gasteiger partial charge in [-0.05, 0) is 11.1 Å². The van der Waals surface area contributed by atoms with Crippen LogP contribution in [0.1, 0.15) is 30.5 Å². The lowest BCUT2D eigenvalue weighted by molar-refractivity contribution is -0.122. The molecule has 0 aliphatic rings. The van der Waals surface area contributed by atoms with Crippen LogP contribution in [0.15, 0.2) is 60.7 Å². The zero-order chi connectivity index (χ0) is 15.8. The quantitative estimate of drug-likeness (QED) is 0.860. The summed E-state index contributed by atoms with van der Waals surface area (Å²) in [6.07, 6.45) is 0.219. The number of nitrogens with one attached hydrogen (secondary N) is 2. The van der Waals surface area contributed by atoms with Gasteiger partial charge in [0, 0.05) is 13.5 Å². The van der Waals surface area contributed by atoms with Crippen molar-refractivity contribution in [3.05, 3.63) is 71.8 Å². The molecular formula is C18H20N2O2. The molecule has 0 aliphatic heterocycles. The van der Waals surface area contributed by atoms with E-state index in [9.17, 15) is 9.59 Å². The fourth-order valence-corrected chi connectivity index (χ4v) is 2.24. The predicted molar refractivity (Wildman–Crippen MR) is 85.9 cm³/mol. The number of benzene rings is 2. The molecular weight excluding hydrogens is 276 g/mol. The van der Waals surface area contributed by atoms with Gasteiger partial charge in [0.15, 0.2) is 0 Å². The SMILES string of the molecule is CC(=O)N[C@H](CC(=O)NCc1ccccc1)c1ccccc1. The van der Waals surface area contributed by atoms with Crippen LogP contribution in [-0.4, -0.2) is 11.8 Å². The molecule has 2 N–H and O–H groups in total. The lowest BCUT2D eigenvalue weighted by Crippen LogP contribution is -2.32. The van der Waals surface area contributed by atoms with Crippen LogP contribution in [0.3, 0.4) is 0 Å². The summed E-state index contributed by atoms with van der Waals surface area (Å²) in [4.78, 5) is 23.5. The molecule has 0 spiro atoms. The summed E-state index contributed by atoms with van der Waals surface area (Å²) in [6.45, 7) is 1.94. The van der Waals surface area contributed by atoms with E-state index in [1.165, 1.54) is 6.92 Å². The van der Waals surface area contributed by atoms with Gasteiger partial charge in [-0.15, -0.1) is 0 Å². The number of hydrogen-bond acceptors (Lipinski definition) is 2. The van der Waals surface area contributed by atoms with Crippen LogP contribution < -0.4 is 10.6 Å². The van der Waals surface area contributed by atoms with Crippen molar-refractivity contribution in [2.45, 2.75) is 25.9 Å². The molecule has 0 heterocycles. The van der Waals surface area contributed by atoms with Crippen molar-refractivity contribution in [2.75, 3.05) is 0 Å². The molecule has 4 heteroatoms. The van der Waals surface area contributed by atoms with E-state index in [1.54, 1.807) is 0 Å². The zero-order valence-corrected chi connectivity index (χ0v) is 12.6. The smallest absolute Gasteiger partial charge is 0.222 e. The highest BCUT2D eigenvalue weighted by Gasteiger charge is 2.16. The first-order valence-corrected chi connectivity index (χ1v) is 7.28. The molecule has 2 amide bonds. The fraction of sp³-hybridized carbons (Fsp3) is 0.222. The maximum absolute atomic E-state index is 12.1. The first-order chi connectivity index (χ1) is 10.6. The number of amides is 2. The van der Waals surface area contributed by atoms with Crippen LogP contribution in [0.5, 0.6) is 0 Å². The minimum Gasteiger partial charge on any atom is -0.352 e. The molecule has 0 saturated heterocycles. The number of rotatable bonds is 6. The van der Waals surface area contributed by atoms with E-state index in [-0.39, 0.29) is 24.3 Å². The Morgan fingerprint density at radius 1 is 0.955 bits per heavy atom. The van der Waals surface area contributed by atoms with Crippen LogP contribution in [-0.2, 0) is 16.1 Å². The summed E-state index contributed by atoms with van der Waals surface area (Å²) < 4.78 is 0. The van der Waals surface area contributed by atoms with E-state index in [2.05, 4.69) is 10.6 Å². The van der Waals surface area contributed by atoms with Gasteiger partial charge < -0.3 is 10.6 Å². The molecule has 2 rings (SSSR count). The molecule has 114 valence electrons. The Morgan fingerprint density at radius 2 is 1.55 bits per heavy atom. The van der Waals surface area contributed by atoms with Crippen molar-refractivity contribution in [1.82, 2.24) is 10.6 Å². The third-order valence-electron chi connectivity index (χ3n) is 3.30. The van der Waals surface area contributed by atoms with E-state index in [4.69, 9.17) is 0 Å². The van der Waals surface area contributed by atoms with Gasteiger partial charge in [0.05, 0.1) is 12.5 Å². The highest BCUT2D eigenvalue weighted by molar-refractivity contribution is 5.79. The second kappa shape index (κ2) is 7.98.